The molecule has 1 aromatic heterocycles. The fraction of sp³-hybridized carbons (Fsp3) is 0.545. The maximum absolute atomic E-state index is 4.34. The van der Waals surface area contributed by atoms with Crippen LogP contribution in [0.2, 0.25) is 0 Å². The minimum atomic E-state index is 0.418. The summed E-state index contributed by atoms with van der Waals surface area (Å²) in [5, 5.41) is 0. The van der Waals surface area contributed by atoms with Crippen molar-refractivity contribution in [3.63, 3.8) is 0 Å². The maximum atomic E-state index is 4.34. The van der Waals surface area contributed by atoms with Crippen LogP contribution in [0.5, 0.6) is 0 Å². The first-order chi connectivity index (χ1) is 6.25. The first-order valence-electron chi connectivity index (χ1n) is 4.87. The SMILES string of the molecule is CCCN(C)C(C)c1ccccn1. The van der Waals surface area contributed by atoms with Crippen molar-refractivity contribution in [3.05, 3.63) is 30.1 Å². The van der Waals surface area contributed by atoms with Crippen molar-refractivity contribution in [3.8, 4) is 0 Å². The molecule has 72 valence electrons. The molecule has 1 heterocycles. The molecular formula is C11H18N2. The van der Waals surface area contributed by atoms with Crippen LogP contribution in [0.1, 0.15) is 32.0 Å². The molecule has 0 spiro atoms. The maximum Gasteiger partial charge on any atom is 0.0572 e. The second-order valence-electron chi connectivity index (χ2n) is 3.41. The molecule has 1 atom stereocenters. The molecule has 0 aliphatic rings. The molecule has 0 fully saturated rings. The van der Waals surface area contributed by atoms with Crippen molar-refractivity contribution in [2.45, 2.75) is 26.3 Å². The topological polar surface area (TPSA) is 16.1 Å². The second kappa shape index (κ2) is 4.97. The third-order valence-corrected chi connectivity index (χ3v) is 2.35. The van der Waals surface area contributed by atoms with Gasteiger partial charge in [-0.25, -0.2) is 0 Å². The Morgan fingerprint density at radius 3 is 2.77 bits per heavy atom. The van der Waals surface area contributed by atoms with Crippen LogP contribution in [0.4, 0.5) is 0 Å². The summed E-state index contributed by atoms with van der Waals surface area (Å²) in [7, 11) is 2.14. The van der Waals surface area contributed by atoms with Crippen LogP contribution in [-0.4, -0.2) is 23.5 Å². The Bertz CT molecular complexity index is 233. The van der Waals surface area contributed by atoms with Crippen molar-refractivity contribution < 1.29 is 0 Å². The van der Waals surface area contributed by atoms with E-state index >= 15 is 0 Å². The lowest BCUT2D eigenvalue weighted by molar-refractivity contribution is 0.258. The number of aromatic nitrogens is 1. The van der Waals surface area contributed by atoms with Crippen molar-refractivity contribution in [2.24, 2.45) is 0 Å². The molecule has 0 aromatic carbocycles. The van der Waals surface area contributed by atoms with Gasteiger partial charge < -0.3 is 0 Å². The van der Waals surface area contributed by atoms with Gasteiger partial charge in [-0.15, -0.1) is 0 Å². The van der Waals surface area contributed by atoms with E-state index in [1.54, 1.807) is 0 Å². The van der Waals surface area contributed by atoms with E-state index in [0.29, 0.717) is 6.04 Å². The summed E-state index contributed by atoms with van der Waals surface area (Å²) >= 11 is 0. The summed E-state index contributed by atoms with van der Waals surface area (Å²) < 4.78 is 0. The highest BCUT2D eigenvalue weighted by Gasteiger charge is 2.10. The lowest BCUT2D eigenvalue weighted by Crippen LogP contribution is -2.23. The van der Waals surface area contributed by atoms with Crippen molar-refractivity contribution in [2.75, 3.05) is 13.6 Å². The van der Waals surface area contributed by atoms with Gasteiger partial charge in [0, 0.05) is 12.2 Å². The molecule has 0 saturated heterocycles. The fourth-order valence-corrected chi connectivity index (χ4v) is 1.40. The first kappa shape index (κ1) is 10.2. The molecular weight excluding hydrogens is 160 g/mol. The predicted molar refractivity (Wildman–Crippen MR) is 55.6 cm³/mol. The fourth-order valence-electron chi connectivity index (χ4n) is 1.40. The van der Waals surface area contributed by atoms with Gasteiger partial charge in [0.05, 0.1) is 5.69 Å². The monoisotopic (exact) mass is 178 g/mol. The summed E-state index contributed by atoms with van der Waals surface area (Å²) in [6.45, 7) is 5.51. The largest absolute Gasteiger partial charge is 0.298 e. The molecule has 0 aliphatic carbocycles. The van der Waals surface area contributed by atoms with Crippen LogP contribution < -0.4 is 0 Å². The van der Waals surface area contributed by atoms with Gasteiger partial charge in [0.1, 0.15) is 0 Å². The molecule has 0 N–H and O–H groups in total. The summed E-state index contributed by atoms with van der Waals surface area (Å²) in [4.78, 5) is 6.66. The number of hydrogen-bond donors (Lipinski definition) is 0. The summed E-state index contributed by atoms with van der Waals surface area (Å²) in [5.74, 6) is 0. The lowest BCUT2D eigenvalue weighted by atomic mass is 10.2. The second-order valence-corrected chi connectivity index (χ2v) is 3.41. The zero-order valence-electron chi connectivity index (χ0n) is 8.70. The molecule has 1 unspecified atom stereocenters. The van der Waals surface area contributed by atoms with Crippen LogP contribution in [0, 0.1) is 0 Å². The van der Waals surface area contributed by atoms with Crippen LogP contribution in [0.3, 0.4) is 0 Å². The van der Waals surface area contributed by atoms with E-state index in [4.69, 9.17) is 0 Å². The molecule has 0 amide bonds. The van der Waals surface area contributed by atoms with Crippen LogP contribution >= 0.6 is 0 Å². The third kappa shape index (κ3) is 2.81. The summed E-state index contributed by atoms with van der Waals surface area (Å²) in [6, 6.07) is 6.49. The van der Waals surface area contributed by atoms with Gasteiger partial charge in [0.15, 0.2) is 0 Å². The Hall–Kier alpha value is -0.890. The Morgan fingerprint density at radius 2 is 2.23 bits per heavy atom. The van der Waals surface area contributed by atoms with Gasteiger partial charge in [-0.3, -0.25) is 9.88 Å². The molecule has 13 heavy (non-hydrogen) atoms. The van der Waals surface area contributed by atoms with Crippen LogP contribution in [0.15, 0.2) is 24.4 Å². The van der Waals surface area contributed by atoms with E-state index in [1.165, 1.54) is 6.42 Å². The Labute approximate surface area is 80.6 Å². The molecule has 1 aromatic rings. The molecule has 0 aliphatic heterocycles. The molecule has 2 nitrogen and oxygen atoms in total. The van der Waals surface area contributed by atoms with E-state index in [9.17, 15) is 0 Å². The van der Waals surface area contributed by atoms with E-state index in [-0.39, 0.29) is 0 Å². The van der Waals surface area contributed by atoms with Crippen molar-refractivity contribution in [1.29, 1.82) is 0 Å². The van der Waals surface area contributed by atoms with E-state index in [0.717, 1.165) is 12.2 Å². The molecule has 1 rings (SSSR count). The van der Waals surface area contributed by atoms with Gasteiger partial charge in [-0.2, -0.15) is 0 Å². The number of rotatable bonds is 4. The van der Waals surface area contributed by atoms with Crippen LogP contribution in [0.25, 0.3) is 0 Å². The zero-order valence-corrected chi connectivity index (χ0v) is 8.70. The summed E-state index contributed by atoms with van der Waals surface area (Å²) in [5.41, 5.74) is 1.15. The lowest BCUT2D eigenvalue weighted by Gasteiger charge is -2.23. The Balaban J connectivity index is 2.62. The summed E-state index contributed by atoms with van der Waals surface area (Å²) in [6.07, 6.45) is 3.04. The van der Waals surface area contributed by atoms with Gasteiger partial charge >= 0.3 is 0 Å². The Kier molecular flexibility index (Phi) is 3.90. The van der Waals surface area contributed by atoms with Crippen LogP contribution in [-0.2, 0) is 0 Å². The van der Waals surface area contributed by atoms with E-state index < -0.39 is 0 Å². The highest BCUT2D eigenvalue weighted by molar-refractivity contribution is 5.07. The first-order valence-corrected chi connectivity index (χ1v) is 4.87. The highest BCUT2D eigenvalue weighted by Crippen LogP contribution is 2.15. The standard InChI is InChI=1S/C11H18N2/c1-4-9-13(3)10(2)11-7-5-6-8-12-11/h5-8,10H,4,9H2,1-3H3. The number of hydrogen-bond acceptors (Lipinski definition) is 2. The van der Waals surface area contributed by atoms with Crippen molar-refractivity contribution >= 4 is 0 Å². The van der Waals surface area contributed by atoms with Gasteiger partial charge in [-0.05, 0) is 39.1 Å². The molecule has 0 radical (unpaired) electrons. The molecule has 0 saturated carbocycles. The molecule has 0 bridgehead atoms. The molecule has 2 heteroatoms. The van der Waals surface area contributed by atoms with E-state index in [2.05, 4.69) is 36.8 Å². The average Bonchev–Trinajstić information content (AvgIpc) is 2.18. The quantitative estimate of drug-likeness (QED) is 0.704. The minimum Gasteiger partial charge on any atom is -0.298 e. The van der Waals surface area contributed by atoms with Gasteiger partial charge in [0.25, 0.3) is 0 Å². The zero-order chi connectivity index (χ0) is 9.68. The number of pyridine rings is 1. The smallest absolute Gasteiger partial charge is 0.0572 e. The minimum absolute atomic E-state index is 0.418. The van der Waals surface area contributed by atoms with E-state index in [1.807, 2.05) is 18.3 Å². The number of nitrogens with zero attached hydrogens (tertiary/aromatic N) is 2. The highest BCUT2D eigenvalue weighted by atomic mass is 15.1. The van der Waals surface area contributed by atoms with Gasteiger partial charge in [0.2, 0.25) is 0 Å². The predicted octanol–water partition coefficient (Wildman–Crippen LogP) is 2.48. The average molecular weight is 178 g/mol. The Morgan fingerprint density at radius 1 is 1.46 bits per heavy atom. The third-order valence-electron chi connectivity index (χ3n) is 2.35. The van der Waals surface area contributed by atoms with Gasteiger partial charge in [-0.1, -0.05) is 13.0 Å². The normalized spacial score (nSPS) is 13.2. The van der Waals surface area contributed by atoms with Crippen molar-refractivity contribution in [1.82, 2.24) is 9.88 Å².